The molecule has 1 unspecified atom stereocenters. The minimum Gasteiger partial charge on any atom is -0.481 e. The van der Waals surface area contributed by atoms with Crippen LogP contribution in [-0.2, 0) is 14.3 Å². The Hall–Kier alpha value is -3.35. The Morgan fingerprint density at radius 3 is 2.31 bits per heavy atom. The summed E-state index contributed by atoms with van der Waals surface area (Å²) >= 11 is 0. The van der Waals surface area contributed by atoms with Crippen LogP contribution >= 0.6 is 0 Å². The highest BCUT2D eigenvalue weighted by Gasteiger charge is 2.38. The molecular weight excluding hydrogens is 444 g/mol. The smallest absolute Gasteiger partial charge is 0.407 e. The number of hydrogen-bond acceptors (Lipinski definition) is 4. The van der Waals surface area contributed by atoms with E-state index in [2.05, 4.69) is 29.6 Å². The molecular formula is C28H32N2O5. The maximum absolute atomic E-state index is 13.3. The Morgan fingerprint density at radius 1 is 0.943 bits per heavy atom. The van der Waals surface area contributed by atoms with Gasteiger partial charge in [0.2, 0.25) is 5.91 Å². The van der Waals surface area contributed by atoms with Gasteiger partial charge in [-0.15, -0.1) is 0 Å². The number of rotatable bonds is 6. The number of carbonyl (C=O) groups excluding carboxylic acids is 2. The van der Waals surface area contributed by atoms with E-state index in [0.29, 0.717) is 13.1 Å². The number of nitrogens with one attached hydrogen (secondary N) is 1. The van der Waals surface area contributed by atoms with E-state index in [1.54, 1.807) is 4.90 Å². The van der Waals surface area contributed by atoms with Crippen molar-refractivity contribution in [3.63, 3.8) is 0 Å². The van der Waals surface area contributed by atoms with Crippen LogP contribution in [-0.4, -0.2) is 53.7 Å². The van der Waals surface area contributed by atoms with Gasteiger partial charge in [0.25, 0.3) is 0 Å². The van der Waals surface area contributed by atoms with E-state index in [0.717, 1.165) is 43.2 Å². The zero-order valence-corrected chi connectivity index (χ0v) is 19.8. The quantitative estimate of drug-likeness (QED) is 0.644. The number of amides is 2. The van der Waals surface area contributed by atoms with Crippen molar-refractivity contribution in [2.24, 2.45) is 11.8 Å². The summed E-state index contributed by atoms with van der Waals surface area (Å²) in [5, 5.41) is 12.1. The molecule has 2 aliphatic carbocycles. The lowest BCUT2D eigenvalue weighted by Gasteiger charge is -2.35. The zero-order valence-electron chi connectivity index (χ0n) is 19.8. The van der Waals surface area contributed by atoms with E-state index in [1.807, 2.05) is 24.3 Å². The normalized spacial score (nSPS) is 23.4. The summed E-state index contributed by atoms with van der Waals surface area (Å²) in [6.07, 6.45) is 3.61. The van der Waals surface area contributed by atoms with Gasteiger partial charge >= 0.3 is 12.1 Å². The molecule has 1 saturated heterocycles. The maximum Gasteiger partial charge on any atom is 0.407 e. The number of fused-ring (bicyclic) bond motifs is 3. The second kappa shape index (κ2) is 10.1. The van der Waals surface area contributed by atoms with E-state index in [1.165, 1.54) is 11.1 Å². The first-order valence-corrected chi connectivity index (χ1v) is 12.6. The van der Waals surface area contributed by atoms with E-state index in [4.69, 9.17) is 9.84 Å². The van der Waals surface area contributed by atoms with E-state index in [-0.39, 0.29) is 42.7 Å². The topological polar surface area (TPSA) is 95.9 Å². The first kappa shape index (κ1) is 23.4. The van der Waals surface area contributed by atoms with Crippen molar-refractivity contribution in [1.29, 1.82) is 0 Å². The van der Waals surface area contributed by atoms with Gasteiger partial charge in [-0.25, -0.2) is 4.79 Å². The fraction of sp³-hybridized carbons (Fsp3) is 0.464. The van der Waals surface area contributed by atoms with Gasteiger partial charge < -0.3 is 20.1 Å². The number of benzene rings is 2. The molecule has 2 aromatic rings. The first-order chi connectivity index (χ1) is 17.0. The highest BCUT2D eigenvalue weighted by Crippen LogP contribution is 2.44. The summed E-state index contributed by atoms with van der Waals surface area (Å²) < 4.78 is 5.70. The summed E-state index contributed by atoms with van der Waals surface area (Å²) in [7, 11) is 0. The van der Waals surface area contributed by atoms with Crippen molar-refractivity contribution in [1.82, 2.24) is 10.2 Å². The number of alkyl carbamates (subject to hydrolysis) is 1. The Labute approximate surface area is 205 Å². The van der Waals surface area contributed by atoms with Crippen LogP contribution in [0.1, 0.15) is 55.6 Å². The lowest BCUT2D eigenvalue weighted by Crippen LogP contribution is -2.48. The van der Waals surface area contributed by atoms with E-state index < -0.39 is 12.1 Å². The molecule has 1 saturated carbocycles. The minimum atomic E-state index is -0.819. The molecule has 1 heterocycles. The number of carbonyl (C=O) groups is 3. The van der Waals surface area contributed by atoms with Crippen LogP contribution in [0.3, 0.4) is 0 Å². The zero-order chi connectivity index (χ0) is 24.4. The molecule has 3 aliphatic rings. The average Bonchev–Trinajstić information content (AvgIpc) is 3.44. The molecule has 7 nitrogen and oxygen atoms in total. The first-order valence-electron chi connectivity index (χ1n) is 12.6. The predicted octanol–water partition coefficient (Wildman–Crippen LogP) is 4.41. The molecule has 3 atom stereocenters. The molecule has 0 bridgehead atoms. The Kier molecular flexibility index (Phi) is 6.75. The SMILES string of the molecule is O=C(O)CC1CCCN(C(=O)[C@H]2CCC[C@H]2NC(=O)OCC2c3ccccc3-c3ccccc32)C1. The standard InChI is InChI=1S/C28H32N2O5/c31-26(32)15-18-7-6-14-30(16-18)27(33)23-12-5-13-25(23)29-28(34)35-17-24-21-10-3-1-8-19(21)20-9-2-4-11-22(20)24/h1-4,8-11,18,23-25H,5-7,12-17H2,(H,29,34)(H,31,32)/t18?,23-,25+/m0/s1. The molecule has 184 valence electrons. The highest BCUT2D eigenvalue weighted by atomic mass is 16.5. The molecule has 2 aromatic carbocycles. The largest absolute Gasteiger partial charge is 0.481 e. The van der Waals surface area contributed by atoms with Gasteiger partial charge in [-0.1, -0.05) is 55.0 Å². The fourth-order valence-electron chi connectivity index (χ4n) is 6.13. The van der Waals surface area contributed by atoms with Crippen molar-refractivity contribution < 1.29 is 24.2 Å². The predicted molar refractivity (Wildman–Crippen MR) is 131 cm³/mol. The van der Waals surface area contributed by atoms with E-state index in [9.17, 15) is 14.4 Å². The van der Waals surface area contributed by atoms with Crippen LogP contribution in [0.2, 0.25) is 0 Å². The van der Waals surface area contributed by atoms with Crippen LogP contribution in [0.5, 0.6) is 0 Å². The second-order valence-electron chi connectivity index (χ2n) is 10.0. The maximum atomic E-state index is 13.3. The number of likely N-dealkylation sites (tertiary alicyclic amines) is 1. The van der Waals surface area contributed by atoms with Crippen LogP contribution < -0.4 is 5.32 Å². The molecule has 0 radical (unpaired) electrons. The molecule has 2 fully saturated rings. The van der Waals surface area contributed by atoms with Crippen molar-refractivity contribution in [3.8, 4) is 11.1 Å². The monoisotopic (exact) mass is 476 g/mol. The van der Waals surface area contributed by atoms with Crippen molar-refractivity contribution in [3.05, 3.63) is 59.7 Å². The van der Waals surface area contributed by atoms with Crippen molar-refractivity contribution in [2.75, 3.05) is 19.7 Å². The molecule has 0 aromatic heterocycles. The van der Waals surface area contributed by atoms with Gasteiger partial charge in [-0.3, -0.25) is 9.59 Å². The number of carboxylic acids is 1. The summed E-state index contributed by atoms with van der Waals surface area (Å²) in [5.41, 5.74) is 4.69. The van der Waals surface area contributed by atoms with Crippen LogP contribution in [0.15, 0.2) is 48.5 Å². The van der Waals surface area contributed by atoms with Gasteiger partial charge in [-0.2, -0.15) is 0 Å². The third kappa shape index (κ3) is 4.90. The average molecular weight is 477 g/mol. The summed E-state index contributed by atoms with van der Waals surface area (Å²) in [5.74, 6) is -1.07. The lowest BCUT2D eigenvalue weighted by atomic mass is 9.93. The summed E-state index contributed by atoms with van der Waals surface area (Å²) in [6, 6.07) is 16.2. The van der Waals surface area contributed by atoms with Gasteiger partial charge in [0, 0.05) is 31.5 Å². The molecule has 35 heavy (non-hydrogen) atoms. The molecule has 2 N–H and O–H groups in total. The third-order valence-corrected chi connectivity index (χ3v) is 7.77. The number of aliphatic carboxylic acids is 1. The molecule has 0 spiro atoms. The number of piperidine rings is 1. The molecule has 7 heteroatoms. The summed E-state index contributed by atoms with van der Waals surface area (Å²) in [6.45, 7) is 1.39. The number of carboxylic acid groups (broad SMARTS) is 1. The minimum absolute atomic E-state index is 0.000134. The van der Waals surface area contributed by atoms with Crippen LogP contribution in [0.4, 0.5) is 4.79 Å². The molecule has 2 amide bonds. The number of nitrogens with zero attached hydrogens (tertiary/aromatic N) is 1. The van der Waals surface area contributed by atoms with Gasteiger partial charge in [-0.05, 0) is 53.9 Å². The molecule has 1 aliphatic heterocycles. The lowest BCUT2D eigenvalue weighted by molar-refractivity contribution is -0.142. The van der Waals surface area contributed by atoms with Gasteiger partial charge in [0.1, 0.15) is 6.61 Å². The Bertz CT molecular complexity index is 1070. The fourth-order valence-corrected chi connectivity index (χ4v) is 6.13. The van der Waals surface area contributed by atoms with E-state index >= 15 is 0 Å². The number of ether oxygens (including phenoxy) is 1. The van der Waals surface area contributed by atoms with Crippen LogP contribution in [0, 0.1) is 11.8 Å². The number of hydrogen-bond donors (Lipinski definition) is 2. The van der Waals surface area contributed by atoms with Crippen molar-refractivity contribution >= 4 is 18.0 Å². The van der Waals surface area contributed by atoms with Gasteiger partial charge in [0.15, 0.2) is 0 Å². The Morgan fingerprint density at radius 2 is 1.63 bits per heavy atom. The Balaban J connectivity index is 1.19. The van der Waals surface area contributed by atoms with Crippen LogP contribution in [0.25, 0.3) is 11.1 Å². The second-order valence-corrected chi connectivity index (χ2v) is 10.0. The molecule has 5 rings (SSSR count). The van der Waals surface area contributed by atoms with Crippen molar-refractivity contribution in [2.45, 2.75) is 50.5 Å². The summed E-state index contributed by atoms with van der Waals surface area (Å²) in [4.78, 5) is 38.9. The highest BCUT2D eigenvalue weighted by molar-refractivity contribution is 5.81. The van der Waals surface area contributed by atoms with Gasteiger partial charge in [0.05, 0.1) is 5.92 Å². The third-order valence-electron chi connectivity index (χ3n) is 7.77.